The molecular formula is C4H8FeO6. The van der Waals surface area contributed by atoms with E-state index in [1.54, 1.807) is 0 Å². The number of hydrogen-bond donors (Lipinski definition) is 4. The van der Waals surface area contributed by atoms with Crippen LogP contribution in [0.15, 0.2) is 0 Å². The summed E-state index contributed by atoms with van der Waals surface area (Å²) < 4.78 is 0. The van der Waals surface area contributed by atoms with Gasteiger partial charge in [0.05, 0.1) is 13.2 Å². The number of carbonyl (C=O) groups is 2. The Bertz CT molecular complexity index is 110. The van der Waals surface area contributed by atoms with Crippen LogP contribution in [0.25, 0.3) is 0 Å². The van der Waals surface area contributed by atoms with E-state index in [0.717, 1.165) is 0 Å². The summed E-state index contributed by atoms with van der Waals surface area (Å²) in [5.74, 6) is 0. The fourth-order valence-corrected chi connectivity index (χ4v) is 0.267. The van der Waals surface area contributed by atoms with Crippen LogP contribution in [0.4, 0.5) is 9.59 Å². The van der Waals surface area contributed by atoms with E-state index >= 15 is 0 Å². The van der Waals surface area contributed by atoms with Crippen LogP contribution in [0.1, 0.15) is 0 Å². The predicted molar refractivity (Wildman–Crippen MR) is 30.2 cm³/mol. The zero-order valence-electron chi connectivity index (χ0n) is 5.37. The van der Waals surface area contributed by atoms with Crippen molar-refractivity contribution in [2.24, 2.45) is 0 Å². The Balaban J connectivity index is 0. The first-order valence-corrected chi connectivity index (χ1v) is 3.45. The molecule has 4 N–H and O–H groups in total. The summed E-state index contributed by atoms with van der Waals surface area (Å²) in [4.78, 5) is 16.2. The Hall–Kier alpha value is -0.621. The van der Waals surface area contributed by atoms with Crippen LogP contribution in [0.2, 0.25) is 0 Å². The average molecular weight is 208 g/mol. The van der Waals surface area contributed by atoms with Gasteiger partial charge in [0.1, 0.15) is 0 Å². The van der Waals surface area contributed by atoms with Gasteiger partial charge in [-0.3, -0.25) is 0 Å². The zero-order valence-corrected chi connectivity index (χ0v) is 6.48. The zero-order chi connectivity index (χ0) is 9.28. The molecule has 0 aliphatic rings. The van der Waals surface area contributed by atoms with Gasteiger partial charge in [-0.1, -0.05) is 0 Å². The molecule has 0 radical (unpaired) electrons. The molecule has 7 heteroatoms. The summed E-state index contributed by atoms with van der Waals surface area (Å²) >= 11 is -0.806. The van der Waals surface area contributed by atoms with Gasteiger partial charge in [0.25, 0.3) is 0 Å². The van der Waals surface area contributed by atoms with E-state index in [-0.39, 0.29) is 13.2 Å². The molecule has 0 aromatic carbocycles. The SMILES string of the molecule is O=[C](O)[Fe][C](=O)O.OCCO. The minimum absolute atomic E-state index is 0.125. The van der Waals surface area contributed by atoms with Gasteiger partial charge in [-0.25, -0.2) is 0 Å². The molecule has 0 aromatic rings. The summed E-state index contributed by atoms with van der Waals surface area (Å²) in [6.07, 6.45) is 0. The molecule has 0 heterocycles. The standard InChI is InChI=1S/C2H6O2.2CHO2.Fe/c3-1-2-4;2*2-1-3;/h3-4H,1-2H2;2*(H,2,3);. The maximum absolute atomic E-state index is 9.43. The fraction of sp³-hybridized carbons (Fsp3) is 0.500. The second-order valence-corrected chi connectivity index (χ2v) is 2.24. The van der Waals surface area contributed by atoms with Crippen molar-refractivity contribution in [1.82, 2.24) is 0 Å². The fourth-order valence-electron chi connectivity index (χ4n) is 0.0647. The number of carboxylic acid groups (broad SMARTS) is 2. The summed E-state index contributed by atoms with van der Waals surface area (Å²) in [5.41, 5.74) is 0. The molecule has 0 aromatic heterocycles. The van der Waals surface area contributed by atoms with Gasteiger partial charge in [0, 0.05) is 0 Å². The number of aliphatic hydroxyl groups is 2. The number of hydrogen-bond acceptors (Lipinski definition) is 4. The van der Waals surface area contributed by atoms with E-state index in [9.17, 15) is 9.59 Å². The molecule has 0 saturated carbocycles. The second-order valence-electron chi connectivity index (χ2n) is 1.02. The molecule has 11 heavy (non-hydrogen) atoms. The quantitative estimate of drug-likeness (QED) is 0.460. The smallest absolute Gasteiger partial charge is 0.0662 e. The first-order valence-electron chi connectivity index (χ1n) is 2.34. The molecule has 0 aliphatic heterocycles. The number of aliphatic hydroxyl groups excluding tert-OH is 2. The van der Waals surface area contributed by atoms with E-state index in [1.165, 1.54) is 0 Å². The molecule has 6 nitrogen and oxygen atoms in total. The van der Waals surface area contributed by atoms with E-state index < -0.39 is 24.7 Å². The van der Waals surface area contributed by atoms with Crippen LogP contribution in [-0.2, 0) is 15.0 Å². The maximum Gasteiger partial charge on any atom is 0.0662 e. The molecule has 0 atom stereocenters. The third kappa shape index (κ3) is 26.6. The largest absolute Gasteiger partial charge is 0.394 e. The van der Waals surface area contributed by atoms with Gasteiger partial charge in [-0.15, -0.1) is 0 Å². The summed E-state index contributed by atoms with van der Waals surface area (Å²) in [5, 5.41) is 30.7. The van der Waals surface area contributed by atoms with Crippen molar-refractivity contribution in [2.45, 2.75) is 0 Å². The molecule has 0 fully saturated rings. The summed E-state index contributed by atoms with van der Waals surface area (Å²) in [6.45, 7) is -0.250. The van der Waals surface area contributed by atoms with Crippen molar-refractivity contribution in [1.29, 1.82) is 0 Å². The van der Waals surface area contributed by atoms with Crippen LogP contribution >= 0.6 is 0 Å². The van der Waals surface area contributed by atoms with E-state index in [2.05, 4.69) is 0 Å². The normalized spacial score (nSPS) is 8.18. The molecule has 0 amide bonds. The van der Waals surface area contributed by atoms with E-state index in [4.69, 9.17) is 20.4 Å². The first-order chi connectivity index (χ1) is 5.04. The molecule has 0 rings (SSSR count). The average Bonchev–Trinajstić information content (AvgIpc) is 1.85. The molecular weight excluding hydrogens is 200 g/mol. The third-order valence-corrected chi connectivity index (χ3v) is 0.724. The Morgan fingerprint density at radius 1 is 1.00 bits per heavy atom. The van der Waals surface area contributed by atoms with Crippen LogP contribution in [0.3, 0.4) is 0 Å². The van der Waals surface area contributed by atoms with Crippen molar-refractivity contribution >= 4 is 9.74 Å². The van der Waals surface area contributed by atoms with Crippen LogP contribution in [-0.4, -0.2) is 43.4 Å². The summed E-state index contributed by atoms with van der Waals surface area (Å²) in [7, 11) is 0. The maximum atomic E-state index is 9.43. The molecule has 0 aliphatic carbocycles. The molecule has 68 valence electrons. The molecule has 0 spiro atoms. The number of rotatable bonds is 3. The molecule has 0 saturated heterocycles. The van der Waals surface area contributed by atoms with Gasteiger partial charge in [-0.05, 0) is 0 Å². The molecule has 0 unspecified atom stereocenters. The van der Waals surface area contributed by atoms with Crippen LogP contribution in [0.5, 0.6) is 0 Å². The van der Waals surface area contributed by atoms with E-state index in [1.807, 2.05) is 0 Å². The van der Waals surface area contributed by atoms with Crippen molar-refractivity contribution in [3.63, 3.8) is 0 Å². The van der Waals surface area contributed by atoms with Gasteiger partial charge >= 0.3 is 44.5 Å². The van der Waals surface area contributed by atoms with Gasteiger partial charge < -0.3 is 10.2 Å². The summed E-state index contributed by atoms with van der Waals surface area (Å²) in [6, 6.07) is 0. The van der Waals surface area contributed by atoms with Crippen LogP contribution in [0, 0.1) is 0 Å². The topological polar surface area (TPSA) is 115 Å². The Morgan fingerprint density at radius 3 is 1.27 bits per heavy atom. The van der Waals surface area contributed by atoms with Gasteiger partial charge in [0.2, 0.25) is 0 Å². The Labute approximate surface area is 68.6 Å². The minimum Gasteiger partial charge on any atom is -0.394 e. The van der Waals surface area contributed by atoms with Gasteiger partial charge in [0.15, 0.2) is 0 Å². The van der Waals surface area contributed by atoms with Crippen molar-refractivity contribution in [2.75, 3.05) is 13.2 Å². The second kappa shape index (κ2) is 9.38. The minimum atomic E-state index is -1.31. The first kappa shape index (κ1) is 13.0. The van der Waals surface area contributed by atoms with Crippen molar-refractivity contribution in [3.05, 3.63) is 0 Å². The van der Waals surface area contributed by atoms with Crippen LogP contribution < -0.4 is 0 Å². The Morgan fingerprint density at radius 2 is 1.27 bits per heavy atom. The van der Waals surface area contributed by atoms with Gasteiger partial charge in [-0.2, -0.15) is 0 Å². The van der Waals surface area contributed by atoms with Crippen molar-refractivity contribution in [3.8, 4) is 0 Å². The predicted octanol–water partition coefficient (Wildman–Crippen LogP) is -0.604. The third-order valence-electron chi connectivity index (χ3n) is 0.251. The molecule has 0 bridgehead atoms. The van der Waals surface area contributed by atoms with Crippen molar-refractivity contribution < 1.29 is 45.0 Å². The van der Waals surface area contributed by atoms with E-state index in [0.29, 0.717) is 0 Å². The Kier molecular flexibility index (Phi) is 11.1. The monoisotopic (exact) mass is 208 g/mol.